The van der Waals surface area contributed by atoms with Gasteiger partial charge >= 0.3 is 6.03 Å². The number of fused-ring (bicyclic) bond motifs is 1. The van der Waals surface area contributed by atoms with Crippen LogP contribution in [0.5, 0.6) is 0 Å². The third-order valence-corrected chi connectivity index (χ3v) is 5.24. The van der Waals surface area contributed by atoms with Gasteiger partial charge in [-0.05, 0) is 35.6 Å². The number of carbonyl (C=O) groups is 2. The SMILES string of the molecule is O=C(Nc1ccc(-c2ccccc2)c2c1C(=O)NC2)NC1CCCCC1. The van der Waals surface area contributed by atoms with Crippen molar-refractivity contribution in [3.05, 3.63) is 53.6 Å². The molecule has 1 fully saturated rings. The van der Waals surface area contributed by atoms with Gasteiger partial charge in [-0.3, -0.25) is 4.79 Å². The molecule has 5 heteroatoms. The Labute approximate surface area is 153 Å². The molecule has 2 aliphatic rings. The van der Waals surface area contributed by atoms with Crippen LogP contribution < -0.4 is 16.0 Å². The average Bonchev–Trinajstić information content (AvgIpc) is 3.06. The summed E-state index contributed by atoms with van der Waals surface area (Å²) in [6.45, 7) is 0.484. The number of rotatable bonds is 3. The Morgan fingerprint density at radius 1 is 1.00 bits per heavy atom. The largest absolute Gasteiger partial charge is 0.348 e. The van der Waals surface area contributed by atoms with Gasteiger partial charge in [-0.15, -0.1) is 0 Å². The third-order valence-electron chi connectivity index (χ3n) is 5.24. The highest BCUT2D eigenvalue weighted by Gasteiger charge is 2.27. The zero-order valence-corrected chi connectivity index (χ0v) is 14.7. The number of hydrogen-bond donors (Lipinski definition) is 3. The Morgan fingerprint density at radius 3 is 2.54 bits per heavy atom. The van der Waals surface area contributed by atoms with E-state index < -0.39 is 0 Å². The molecule has 3 N–H and O–H groups in total. The molecule has 0 aromatic heterocycles. The summed E-state index contributed by atoms with van der Waals surface area (Å²) in [6, 6.07) is 13.8. The number of anilines is 1. The van der Waals surface area contributed by atoms with Gasteiger partial charge < -0.3 is 16.0 Å². The van der Waals surface area contributed by atoms with E-state index in [0.717, 1.165) is 42.4 Å². The second-order valence-corrected chi connectivity index (χ2v) is 7.00. The van der Waals surface area contributed by atoms with Crippen molar-refractivity contribution in [3.8, 4) is 11.1 Å². The van der Waals surface area contributed by atoms with Crippen LogP contribution in [0, 0.1) is 0 Å². The van der Waals surface area contributed by atoms with Crippen molar-refractivity contribution in [3.63, 3.8) is 0 Å². The molecule has 0 spiro atoms. The van der Waals surface area contributed by atoms with Gasteiger partial charge in [0.25, 0.3) is 5.91 Å². The highest BCUT2D eigenvalue weighted by molar-refractivity contribution is 6.08. The molecule has 2 aromatic carbocycles. The molecule has 5 nitrogen and oxygen atoms in total. The van der Waals surface area contributed by atoms with Gasteiger partial charge in [0.05, 0.1) is 11.3 Å². The molecule has 1 heterocycles. The van der Waals surface area contributed by atoms with E-state index in [4.69, 9.17) is 0 Å². The molecule has 4 rings (SSSR count). The Kier molecular flexibility index (Phi) is 4.61. The average molecular weight is 349 g/mol. The first-order chi connectivity index (χ1) is 12.7. The lowest BCUT2D eigenvalue weighted by Crippen LogP contribution is -2.39. The summed E-state index contributed by atoms with van der Waals surface area (Å²) in [4.78, 5) is 24.7. The second-order valence-electron chi connectivity index (χ2n) is 7.00. The highest BCUT2D eigenvalue weighted by Crippen LogP contribution is 2.33. The van der Waals surface area contributed by atoms with Crippen molar-refractivity contribution >= 4 is 17.6 Å². The highest BCUT2D eigenvalue weighted by atomic mass is 16.2. The van der Waals surface area contributed by atoms with Crippen LogP contribution in [-0.4, -0.2) is 18.0 Å². The Hall–Kier alpha value is -2.82. The summed E-state index contributed by atoms with van der Waals surface area (Å²) in [5, 5.41) is 8.81. The predicted molar refractivity (Wildman–Crippen MR) is 102 cm³/mol. The van der Waals surface area contributed by atoms with Crippen LogP contribution in [0.3, 0.4) is 0 Å². The fraction of sp³-hybridized carbons (Fsp3) is 0.333. The lowest BCUT2D eigenvalue weighted by Gasteiger charge is -2.23. The lowest BCUT2D eigenvalue weighted by atomic mass is 9.95. The van der Waals surface area contributed by atoms with E-state index in [-0.39, 0.29) is 18.0 Å². The quantitative estimate of drug-likeness (QED) is 0.782. The molecule has 1 aliphatic heterocycles. The topological polar surface area (TPSA) is 70.2 Å². The van der Waals surface area contributed by atoms with Gasteiger partial charge in [0, 0.05) is 12.6 Å². The van der Waals surface area contributed by atoms with E-state index in [1.54, 1.807) is 0 Å². The van der Waals surface area contributed by atoms with E-state index in [2.05, 4.69) is 16.0 Å². The zero-order valence-electron chi connectivity index (χ0n) is 14.7. The summed E-state index contributed by atoms with van der Waals surface area (Å²) in [5.74, 6) is -0.134. The smallest absolute Gasteiger partial charge is 0.319 e. The number of benzene rings is 2. The number of urea groups is 1. The summed E-state index contributed by atoms with van der Waals surface area (Å²) < 4.78 is 0. The molecule has 2 aromatic rings. The maximum Gasteiger partial charge on any atom is 0.319 e. The van der Waals surface area contributed by atoms with Gasteiger partial charge in [-0.25, -0.2) is 4.79 Å². The second kappa shape index (κ2) is 7.20. The van der Waals surface area contributed by atoms with Gasteiger partial charge in [-0.2, -0.15) is 0 Å². The number of amides is 3. The summed E-state index contributed by atoms with van der Waals surface area (Å²) in [6.07, 6.45) is 5.62. The van der Waals surface area contributed by atoms with Crippen molar-refractivity contribution < 1.29 is 9.59 Å². The molecular formula is C21H23N3O2. The van der Waals surface area contributed by atoms with E-state index in [9.17, 15) is 9.59 Å². The van der Waals surface area contributed by atoms with Crippen molar-refractivity contribution in [1.29, 1.82) is 0 Å². The van der Waals surface area contributed by atoms with Crippen LogP contribution in [0.25, 0.3) is 11.1 Å². The monoisotopic (exact) mass is 349 g/mol. The van der Waals surface area contributed by atoms with Crippen LogP contribution >= 0.6 is 0 Å². The molecular weight excluding hydrogens is 326 g/mol. The fourth-order valence-electron chi connectivity index (χ4n) is 3.93. The zero-order chi connectivity index (χ0) is 17.9. The minimum Gasteiger partial charge on any atom is -0.348 e. The first-order valence-electron chi connectivity index (χ1n) is 9.29. The van der Waals surface area contributed by atoms with Gasteiger partial charge in [0.15, 0.2) is 0 Å². The minimum atomic E-state index is -0.230. The lowest BCUT2D eigenvalue weighted by molar-refractivity contribution is 0.0966. The van der Waals surface area contributed by atoms with E-state index in [1.165, 1.54) is 6.42 Å². The van der Waals surface area contributed by atoms with E-state index in [0.29, 0.717) is 17.8 Å². The number of nitrogens with one attached hydrogen (secondary N) is 3. The molecule has 0 radical (unpaired) electrons. The van der Waals surface area contributed by atoms with Crippen LogP contribution in [0.4, 0.5) is 10.5 Å². The minimum absolute atomic E-state index is 0.134. The Morgan fingerprint density at radius 2 is 1.77 bits per heavy atom. The molecule has 1 saturated carbocycles. The molecule has 134 valence electrons. The molecule has 0 atom stereocenters. The first-order valence-corrected chi connectivity index (χ1v) is 9.29. The standard InChI is InChI=1S/C21H23N3O2/c25-20-19-17(13-22-20)16(14-7-3-1-4-8-14)11-12-18(19)24-21(26)23-15-9-5-2-6-10-15/h1,3-4,7-8,11-12,15H,2,5-6,9-10,13H2,(H,22,25)(H2,23,24,26). The van der Waals surface area contributed by atoms with Crippen LogP contribution in [0.15, 0.2) is 42.5 Å². The van der Waals surface area contributed by atoms with Gasteiger partial charge in [-0.1, -0.05) is 55.7 Å². The molecule has 0 unspecified atom stereocenters. The van der Waals surface area contributed by atoms with Crippen molar-refractivity contribution in [2.45, 2.75) is 44.7 Å². The Bertz CT molecular complexity index is 827. The first kappa shape index (κ1) is 16.6. The van der Waals surface area contributed by atoms with Gasteiger partial charge in [0.1, 0.15) is 0 Å². The molecule has 1 aliphatic carbocycles. The molecule has 0 bridgehead atoms. The normalized spacial score (nSPS) is 16.7. The van der Waals surface area contributed by atoms with Crippen molar-refractivity contribution in [2.75, 3.05) is 5.32 Å². The number of carbonyl (C=O) groups excluding carboxylic acids is 2. The summed E-state index contributed by atoms with van der Waals surface area (Å²) in [7, 11) is 0. The van der Waals surface area contributed by atoms with Crippen molar-refractivity contribution in [1.82, 2.24) is 10.6 Å². The van der Waals surface area contributed by atoms with Crippen molar-refractivity contribution in [2.24, 2.45) is 0 Å². The third kappa shape index (κ3) is 3.29. The van der Waals surface area contributed by atoms with Crippen LogP contribution in [0.1, 0.15) is 48.0 Å². The van der Waals surface area contributed by atoms with E-state index >= 15 is 0 Å². The summed E-state index contributed by atoms with van der Waals surface area (Å²) in [5.41, 5.74) is 4.18. The maximum absolute atomic E-state index is 12.4. The Balaban J connectivity index is 1.58. The molecule has 3 amide bonds. The maximum atomic E-state index is 12.4. The van der Waals surface area contributed by atoms with Crippen LogP contribution in [0.2, 0.25) is 0 Å². The number of hydrogen-bond acceptors (Lipinski definition) is 2. The molecule has 0 saturated heterocycles. The summed E-state index contributed by atoms with van der Waals surface area (Å²) >= 11 is 0. The molecule has 26 heavy (non-hydrogen) atoms. The van der Waals surface area contributed by atoms with Crippen LogP contribution in [-0.2, 0) is 6.54 Å². The van der Waals surface area contributed by atoms with Gasteiger partial charge in [0.2, 0.25) is 0 Å². The van der Waals surface area contributed by atoms with E-state index in [1.807, 2.05) is 42.5 Å². The predicted octanol–water partition coefficient (Wildman–Crippen LogP) is 4.05. The fourth-order valence-corrected chi connectivity index (χ4v) is 3.93.